The molecule has 1 amide bonds. The van der Waals surface area contributed by atoms with E-state index in [1.807, 2.05) is 25.7 Å². The normalized spacial score (nSPS) is 11.0. The van der Waals surface area contributed by atoms with Gasteiger partial charge in [0, 0.05) is 23.4 Å². The highest BCUT2D eigenvalue weighted by Gasteiger charge is 2.14. The number of carbonyl (C=O) groups excluding carboxylic acids is 1. The summed E-state index contributed by atoms with van der Waals surface area (Å²) in [6.45, 7) is 9.57. The van der Waals surface area contributed by atoms with Crippen molar-refractivity contribution in [1.29, 1.82) is 0 Å². The highest BCUT2D eigenvalue weighted by Crippen LogP contribution is 2.31. The van der Waals surface area contributed by atoms with E-state index in [9.17, 15) is 4.79 Å². The van der Waals surface area contributed by atoms with Gasteiger partial charge in [-0.1, -0.05) is 18.7 Å². The zero-order valence-electron chi connectivity index (χ0n) is 13.0. The van der Waals surface area contributed by atoms with Crippen LogP contribution in [0, 0.1) is 6.92 Å². The third-order valence-electron chi connectivity index (χ3n) is 3.32. The molecule has 0 radical (unpaired) electrons. The van der Waals surface area contributed by atoms with Crippen LogP contribution in [-0.2, 0) is 11.2 Å². The molecule has 0 aliphatic heterocycles. The van der Waals surface area contributed by atoms with Crippen molar-refractivity contribution < 1.29 is 4.79 Å². The Bertz CT molecular complexity index is 635. The van der Waals surface area contributed by atoms with Crippen molar-refractivity contribution in [3.63, 3.8) is 0 Å². The summed E-state index contributed by atoms with van der Waals surface area (Å²) >= 11 is 3.23. The predicted octanol–water partition coefficient (Wildman–Crippen LogP) is 3.52. The van der Waals surface area contributed by atoms with Crippen molar-refractivity contribution in [3.8, 4) is 0 Å². The summed E-state index contributed by atoms with van der Waals surface area (Å²) < 4.78 is 0. The van der Waals surface area contributed by atoms with Gasteiger partial charge in [0.25, 0.3) is 0 Å². The number of hydrogen-bond donors (Lipinski definition) is 0. The molecule has 2 rings (SSSR count). The summed E-state index contributed by atoms with van der Waals surface area (Å²) in [6, 6.07) is 2.16. The quantitative estimate of drug-likeness (QED) is 0.603. The molecule has 2 aromatic rings. The molecule has 2 heterocycles. The second-order valence-electron chi connectivity index (χ2n) is 4.72. The first-order chi connectivity index (χ1) is 10.1. The number of thiophene rings is 1. The lowest BCUT2D eigenvalue weighted by Gasteiger charge is -2.18. The van der Waals surface area contributed by atoms with E-state index in [0.717, 1.165) is 40.6 Å². The molecule has 0 aliphatic carbocycles. The van der Waals surface area contributed by atoms with Crippen molar-refractivity contribution in [1.82, 2.24) is 14.9 Å². The number of carbonyl (C=O) groups is 1. The van der Waals surface area contributed by atoms with Crippen molar-refractivity contribution in [2.75, 3.05) is 18.8 Å². The molecule has 0 bridgehead atoms. The number of aromatic nitrogens is 2. The van der Waals surface area contributed by atoms with Gasteiger partial charge >= 0.3 is 0 Å². The van der Waals surface area contributed by atoms with Crippen LogP contribution in [0.15, 0.2) is 11.1 Å². The van der Waals surface area contributed by atoms with E-state index in [2.05, 4.69) is 23.0 Å². The molecule has 0 saturated heterocycles. The topological polar surface area (TPSA) is 46.1 Å². The molecule has 114 valence electrons. The van der Waals surface area contributed by atoms with Gasteiger partial charge in [0.2, 0.25) is 5.91 Å². The van der Waals surface area contributed by atoms with Crippen LogP contribution in [0.2, 0.25) is 0 Å². The summed E-state index contributed by atoms with van der Waals surface area (Å²) in [6.07, 6.45) is 1.00. The Labute approximate surface area is 134 Å². The van der Waals surface area contributed by atoms with Crippen LogP contribution in [0.5, 0.6) is 0 Å². The van der Waals surface area contributed by atoms with E-state index in [-0.39, 0.29) is 5.91 Å². The first-order valence-corrected chi connectivity index (χ1v) is 9.06. The Kier molecular flexibility index (Phi) is 5.58. The molecule has 0 unspecified atom stereocenters. The fourth-order valence-electron chi connectivity index (χ4n) is 2.13. The molecule has 21 heavy (non-hydrogen) atoms. The first-order valence-electron chi connectivity index (χ1n) is 7.26. The lowest BCUT2D eigenvalue weighted by molar-refractivity contribution is -0.127. The number of fused-ring (bicyclic) bond motifs is 1. The van der Waals surface area contributed by atoms with Gasteiger partial charge in [-0.3, -0.25) is 4.79 Å². The number of nitrogens with zero attached hydrogens (tertiary/aromatic N) is 3. The largest absolute Gasteiger partial charge is 0.343 e. The summed E-state index contributed by atoms with van der Waals surface area (Å²) in [7, 11) is 0. The zero-order valence-corrected chi connectivity index (χ0v) is 14.6. The molecular weight excluding hydrogens is 302 g/mol. The number of thioether (sulfide) groups is 1. The SMILES string of the molecule is CCc1cc2c(SCC(=O)N(CC)CC)nc(C)nc2s1. The molecule has 4 nitrogen and oxygen atoms in total. The average Bonchev–Trinajstić information content (AvgIpc) is 2.88. The van der Waals surface area contributed by atoms with Gasteiger partial charge in [0.1, 0.15) is 15.7 Å². The molecule has 0 atom stereocenters. The Morgan fingerprint density at radius 3 is 2.62 bits per heavy atom. The van der Waals surface area contributed by atoms with E-state index in [4.69, 9.17) is 0 Å². The summed E-state index contributed by atoms with van der Waals surface area (Å²) in [5, 5.41) is 2.01. The predicted molar refractivity (Wildman–Crippen MR) is 90.2 cm³/mol. The second-order valence-corrected chi connectivity index (χ2v) is 6.80. The molecule has 0 fully saturated rings. The Morgan fingerprint density at radius 2 is 2.00 bits per heavy atom. The summed E-state index contributed by atoms with van der Waals surface area (Å²) in [5.41, 5.74) is 0. The number of rotatable bonds is 6. The van der Waals surface area contributed by atoms with Crippen LogP contribution in [-0.4, -0.2) is 39.6 Å². The van der Waals surface area contributed by atoms with Gasteiger partial charge in [-0.2, -0.15) is 0 Å². The van der Waals surface area contributed by atoms with Gasteiger partial charge in [-0.15, -0.1) is 11.3 Å². The maximum atomic E-state index is 12.1. The monoisotopic (exact) mass is 323 g/mol. The van der Waals surface area contributed by atoms with E-state index in [1.165, 1.54) is 16.6 Å². The minimum atomic E-state index is 0.167. The summed E-state index contributed by atoms with van der Waals surface area (Å²) in [4.78, 5) is 25.3. The van der Waals surface area contributed by atoms with E-state index in [1.54, 1.807) is 11.3 Å². The molecule has 0 spiro atoms. The average molecular weight is 323 g/mol. The smallest absolute Gasteiger partial charge is 0.232 e. The molecule has 0 aliphatic rings. The molecule has 0 saturated carbocycles. The maximum Gasteiger partial charge on any atom is 0.232 e. The van der Waals surface area contributed by atoms with Gasteiger partial charge < -0.3 is 4.90 Å². The van der Waals surface area contributed by atoms with Crippen molar-refractivity contribution in [3.05, 3.63) is 16.8 Å². The van der Waals surface area contributed by atoms with Crippen LogP contribution >= 0.6 is 23.1 Å². The number of aryl methyl sites for hydroxylation is 2. The molecule has 2 aromatic heterocycles. The summed E-state index contributed by atoms with van der Waals surface area (Å²) in [5.74, 6) is 1.37. The van der Waals surface area contributed by atoms with Crippen LogP contribution in [0.4, 0.5) is 0 Å². The van der Waals surface area contributed by atoms with E-state index >= 15 is 0 Å². The number of amides is 1. The molecular formula is C15H21N3OS2. The number of hydrogen-bond acceptors (Lipinski definition) is 5. The molecule has 0 aromatic carbocycles. The Balaban J connectivity index is 2.21. The Hall–Kier alpha value is -1.14. The van der Waals surface area contributed by atoms with Crippen LogP contribution in [0.25, 0.3) is 10.2 Å². The van der Waals surface area contributed by atoms with Crippen LogP contribution in [0.1, 0.15) is 31.5 Å². The molecule has 0 N–H and O–H groups in total. The van der Waals surface area contributed by atoms with Gasteiger partial charge in [-0.05, 0) is 33.3 Å². The van der Waals surface area contributed by atoms with E-state index < -0.39 is 0 Å². The van der Waals surface area contributed by atoms with E-state index in [0.29, 0.717) is 5.75 Å². The zero-order chi connectivity index (χ0) is 15.4. The highest BCUT2D eigenvalue weighted by atomic mass is 32.2. The fraction of sp³-hybridized carbons (Fsp3) is 0.533. The second kappa shape index (κ2) is 7.22. The minimum absolute atomic E-state index is 0.167. The van der Waals surface area contributed by atoms with Gasteiger partial charge in [-0.25, -0.2) is 9.97 Å². The standard InChI is InChI=1S/C15H21N3OS2/c1-5-11-8-12-14(16-10(4)17-15(12)21-11)20-9-13(19)18(6-2)7-3/h8H,5-7,9H2,1-4H3. The van der Waals surface area contributed by atoms with Crippen molar-refractivity contribution in [2.45, 2.75) is 39.1 Å². The van der Waals surface area contributed by atoms with Crippen molar-refractivity contribution in [2.24, 2.45) is 0 Å². The van der Waals surface area contributed by atoms with Gasteiger partial charge in [0.05, 0.1) is 5.75 Å². The lowest BCUT2D eigenvalue weighted by Crippen LogP contribution is -2.31. The Morgan fingerprint density at radius 1 is 1.29 bits per heavy atom. The molecule has 6 heteroatoms. The fourth-order valence-corrected chi connectivity index (χ4v) is 4.16. The van der Waals surface area contributed by atoms with Crippen LogP contribution in [0.3, 0.4) is 0 Å². The van der Waals surface area contributed by atoms with Crippen molar-refractivity contribution >= 4 is 39.2 Å². The third kappa shape index (κ3) is 3.74. The minimum Gasteiger partial charge on any atom is -0.343 e. The first kappa shape index (κ1) is 16.2. The lowest BCUT2D eigenvalue weighted by atomic mass is 10.3. The van der Waals surface area contributed by atoms with Crippen LogP contribution < -0.4 is 0 Å². The third-order valence-corrected chi connectivity index (χ3v) is 5.47. The van der Waals surface area contributed by atoms with Gasteiger partial charge in [0.15, 0.2) is 0 Å². The maximum absolute atomic E-state index is 12.1. The highest BCUT2D eigenvalue weighted by molar-refractivity contribution is 8.00.